The van der Waals surface area contributed by atoms with E-state index < -0.39 is 0 Å². The Balaban J connectivity index is 2.97. The van der Waals surface area contributed by atoms with Crippen LogP contribution in [0.1, 0.15) is 19.5 Å². The second-order valence-electron chi connectivity index (χ2n) is 2.26. The van der Waals surface area contributed by atoms with E-state index in [1.807, 2.05) is 13.8 Å². The highest BCUT2D eigenvalue weighted by molar-refractivity contribution is 7.99. The molecular weight excluding hydrogens is 172 g/mol. The molecule has 0 aromatic carbocycles. The summed E-state index contributed by atoms with van der Waals surface area (Å²) < 4.78 is 0. The quantitative estimate of drug-likeness (QED) is 0.575. The van der Waals surface area contributed by atoms with Crippen LogP contribution in [0.15, 0.2) is 11.4 Å². The Labute approximate surface area is 76.2 Å². The molecule has 12 heavy (non-hydrogen) atoms. The van der Waals surface area contributed by atoms with Gasteiger partial charge in [-0.05, 0) is 12.2 Å². The summed E-state index contributed by atoms with van der Waals surface area (Å²) >= 11 is 1.53. The minimum absolute atomic E-state index is 0.242. The lowest BCUT2D eigenvalue weighted by Gasteiger charge is -2.03. The molecule has 3 nitrogen and oxygen atoms in total. The molecule has 1 N–H and O–H groups in total. The van der Waals surface area contributed by atoms with Crippen molar-refractivity contribution in [3.05, 3.63) is 12.0 Å². The third-order valence-electron chi connectivity index (χ3n) is 1.48. The Morgan fingerprint density at radius 1 is 1.42 bits per heavy atom. The molecule has 1 aromatic rings. The van der Waals surface area contributed by atoms with Gasteiger partial charge in [-0.1, -0.05) is 13.8 Å². The molecule has 0 atom stereocenters. The zero-order chi connectivity index (χ0) is 8.97. The van der Waals surface area contributed by atoms with E-state index in [1.54, 1.807) is 0 Å². The lowest BCUT2D eigenvalue weighted by Crippen LogP contribution is -1.92. The third-order valence-corrected chi connectivity index (χ3v) is 2.34. The van der Waals surface area contributed by atoms with Gasteiger partial charge in [-0.2, -0.15) is 0 Å². The molecule has 4 heteroatoms. The molecule has 1 rings (SSSR count). The van der Waals surface area contributed by atoms with Crippen molar-refractivity contribution in [2.24, 2.45) is 0 Å². The van der Waals surface area contributed by atoms with Gasteiger partial charge < -0.3 is 5.11 Å². The SMILES string of the molecule is CCSc1ncnc(CC)c1O. The van der Waals surface area contributed by atoms with Crippen molar-refractivity contribution in [2.75, 3.05) is 5.75 Å². The molecular formula is C8H12N2OS. The highest BCUT2D eigenvalue weighted by Gasteiger charge is 2.07. The van der Waals surface area contributed by atoms with Gasteiger partial charge >= 0.3 is 0 Å². The Bertz CT molecular complexity index is 265. The maximum atomic E-state index is 9.57. The van der Waals surface area contributed by atoms with E-state index in [0.717, 1.165) is 17.9 Å². The molecule has 0 aliphatic carbocycles. The van der Waals surface area contributed by atoms with Gasteiger partial charge in [-0.25, -0.2) is 9.97 Å². The van der Waals surface area contributed by atoms with Gasteiger partial charge in [0.1, 0.15) is 11.4 Å². The molecule has 1 aromatic heterocycles. The molecule has 0 spiro atoms. The number of hydrogen-bond donors (Lipinski definition) is 1. The molecule has 0 radical (unpaired) electrons. The highest BCUT2D eigenvalue weighted by Crippen LogP contribution is 2.27. The van der Waals surface area contributed by atoms with Crippen molar-refractivity contribution in [1.29, 1.82) is 0 Å². The van der Waals surface area contributed by atoms with E-state index in [4.69, 9.17) is 0 Å². The number of aromatic hydroxyl groups is 1. The van der Waals surface area contributed by atoms with Gasteiger partial charge in [0.15, 0.2) is 5.75 Å². The first kappa shape index (κ1) is 9.32. The summed E-state index contributed by atoms with van der Waals surface area (Å²) in [5.41, 5.74) is 0.723. The molecule has 0 amide bonds. The van der Waals surface area contributed by atoms with Crippen LogP contribution in [-0.2, 0) is 6.42 Å². The van der Waals surface area contributed by atoms with Crippen LogP contribution in [0.3, 0.4) is 0 Å². The smallest absolute Gasteiger partial charge is 0.169 e. The lowest BCUT2D eigenvalue weighted by atomic mass is 10.3. The average Bonchev–Trinajstić information content (AvgIpc) is 2.09. The van der Waals surface area contributed by atoms with Crippen molar-refractivity contribution in [1.82, 2.24) is 9.97 Å². The second-order valence-corrected chi connectivity index (χ2v) is 3.51. The average molecular weight is 184 g/mol. The number of nitrogens with zero attached hydrogens (tertiary/aromatic N) is 2. The summed E-state index contributed by atoms with van der Waals surface area (Å²) in [6, 6.07) is 0. The van der Waals surface area contributed by atoms with E-state index in [1.165, 1.54) is 18.1 Å². The fourth-order valence-electron chi connectivity index (χ4n) is 0.898. The van der Waals surface area contributed by atoms with Crippen molar-refractivity contribution < 1.29 is 5.11 Å². The molecule has 0 fully saturated rings. The summed E-state index contributed by atoms with van der Waals surface area (Å²) in [5.74, 6) is 1.15. The second kappa shape index (κ2) is 4.30. The molecule has 66 valence electrons. The molecule has 0 unspecified atom stereocenters. The van der Waals surface area contributed by atoms with Crippen LogP contribution >= 0.6 is 11.8 Å². The standard InChI is InChI=1S/C8H12N2OS/c1-3-6-7(11)8(12-4-2)10-5-9-6/h5,11H,3-4H2,1-2H3. The lowest BCUT2D eigenvalue weighted by molar-refractivity contribution is 0.445. The van der Waals surface area contributed by atoms with E-state index >= 15 is 0 Å². The van der Waals surface area contributed by atoms with Crippen molar-refractivity contribution in [3.8, 4) is 5.75 Å². The van der Waals surface area contributed by atoms with Gasteiger partial charge in [0.05, 0.1) is 5.69 Å². The van der Waals surface area contributed by atoms with E-state index in [2.05, 4.69) is 9.97 Å². The summed E-state index contributed by atoms with van der Waals surface area (Å²) in [6.45, 7) is 3.99. The molecule has 0 saturated heterocycles. The maximum Gasteiger partial charge on any atom is 0.169 e. The molecule has 1 heterocycles. The molecule has 0 aliphatic heterocycles. The summed E-state index contributed by atoms with van der Waals surface area (Å²) in [6.07, 6.45) is 2.24. The summed E-state index contributed by atoms with van der Waals surface area (Å²) in [5, 5.41) is 10.3. The van der Waals surface area contributed by atoms with Gasteiger partial charge in [-0.3, -0.25) is 0 Å². The van der Waals surface area contributed by atoms with Crippen molar-refractivity contribution in [2.45, 2.75) is 25.3 Å². The summed E-state index contributed by atoms with van der Waals surface area (Å²) in [7, 11) is 0. The van der Waals surface area contributed by atoms with Crippen LogP contribution in [0.2, 0.25) is 0 Å². The van der Waals surface area contributed by atoms with E-state index in [9.17, 15) is 5.11 Å². The predicted octanol–water partition coefficient (Wildman–Crippen LogP) is 1.86. The topological polar surface area (TPSA) is 46.0 Å². The largest absolute Gasteiger partial charge is 0.504 e. The predicted molar refractivity (Wildman–Crippen MR) is 49.5 cm³/mol. The Hall–Kier alpha value is -0.770. The zero-order valence-electron chi connectivity index (χ0n) is 7.24. The van der Waals surface area contributed by atoms with Crippen LogP contribution in [0.5, 0.6) is 5.75 Å². The fourth-order valence-corrected chi connectivity index (χ4v) is 1.55. The van der Waals surface area contributed by atoms with Crippen LogP contribution in [0.4, 0.5) is 0 Å². The fraction of sp³-hybridized carbons (Fsp3) is 0.500. The van der Waals surface area contributed by atoms with Gasteiger partial charge in [0, 0.05) is 0 Å². The summed E-state index contributed by atoms with van der Waals surface area (Å²) in [4.78, 5) is 7.94. The van der Waals surface area contributed by atoms with E-state index in [-0.39, 0.29) is 5.75 Å². The Kier molecular flexibility index (Phi) is 3.34. The normalized spacial score (nSPS) is 10.2. The van der Waals surface area contributed by atoms with Gasteiger partial charge in [0.25, 0.3) is 0 Å². The molecule has 0 saturated carbocycles. The number of thioether (sulfide) groups is 1. The molecule has 0 aliphatic rings. The highest BCUT2D eigenvalue weighted by atomic mass is 32.2. The first-order valence-corrected chi connectivity index (χ1v) is 4.93. The zero-order valence-corrected chi connectivity index (χ0v) is 8.06. The van der Waals surface area contributed by atoms with Gasteiger partial charge in [0.2, 0.25) is 0 Å². The van der Waals surface area contributed by atoms with Gasteiger partial charge in [-0.15, -0.1) is 11.8 Å². The Morgan fingerprint density at radius 2 is 2.17 bits per heavy atom. The minimum atomic E-state index is 0.242. The first-order valence-electron chi connectivity index (χ1n) is 3.95. The number of hydrogen-bond acceptors (Lipinski definition) is 4. The molecule has 0 bridgehead atoms. The third kappa shape index (κ3) is 1.88. The van der Waals surface area contributed by atoms with Crippen molar-refractivity contribution >= 4 is 11.8 Å². The number of aryl methyl sites for hydroxylation is 1. The Morgan fingerprint density at radius 3 is 2.75 bits per heavy atom. The number of rotatable bonds is 3. The van der Waals surface area contributed by atoms with Crippen molar-refractivity contribution in [3.63, 3.8) is 0 Å². The first-order chi connectivity index (χ1) is 5.79. The van der Waals surface area contributed by atoms with Crippen LogP contribution in [0.25, 0.3) is 0 Å². The van der Waals surface area contributed by atoms with Crippen LogP contribution in [-0.4, -0.2) is 20.8 Å². The van der Waals surface area contributed by atoms with Crippen LogP contribution < -0.4 is 0 Å². The monoisotopic (exact) mass is 184 g/mol. The van der Waals surface area contributed by atoms with E-state index in [0.29, 0.717) is 5.03 Å². The minimum Gasteiger partial charge on any atom is -0.504 e. The van der Waals surface area contributed by atoms with Crippen LogP contribution in [0, 0.1) is 0 Å². The number of aromatic nitrogens is 2. The maximum absolute atomic E-state index is 9.57.